The van der Waals surface area contributed by atoms with E-state index in [9.17, 15) is 32.8 Å². The summed E-state index contributed by atoms with van der Waals surface area (Å²) >= 11 is 0. The maximum absolute atomic E-state index is 13.6. The molecule has 6 rings (SSSR count). The van der Waals surface area contributed by atoms with Gasteiger partial charge in [-0.3, -0.25) is 19.1 Å². The van der Waals surface area contributed by atoms with E-state index in [2.05, 4.69) is 22.9 Å². The van der Waals surface area contributed by atoms with Gasteiger partial charge < -0.3 is 38.0 Å². The van der Waals surface area contributed by atoms with Crippen LogP contribution in [0, 0.1) is 23.2 Å². The smallest absolute Gasteiger partial charge is 0.471 e. The third-order valence-electron chi connectivity index (χ3n) is 10.6. The molecule has 0 spiro atoms. The number of rotatable bonds is 18. The van der Waals surface area contributed by atoms with Crippen LogP contribution in [0.15, 0.2) is 94.6 Å². The second-order valence-electron chi connectivity index (χ2n) is 15.4. The molecule has 4 aromatic rings. The van der Waals surface area contributed by atoms with E-state index in [-0.39, 0.29) is 43.9 Å². The maximum atomic E-state index is 13.6. The molecule has 0 aliphatic carbocycles. The van der Waals surface area contributed by atoms with Crippen molar-refractivity contribution in [2.75, 3.05) is 40.6 Å². The Bertz CT molecular complexity index is 2390. The minimum absolute atomic E-state index is 0.0566. The first-order valence-electron chi connectivity index (χ1n) is 20.3. The highest BCUT2D eigenvalue weighted by Crippen LogP contribution is 2.56. The number of hydrogen-bond acceptors (Lipinski definition) is 12. The van der Waals surface area contributed by atoms with Crippen molar-refractivity contribution < 1.29 is 50.7 Å². The molecule has 2 N–H and O–H groups in total. The predicted molar refractivity (Wildman–Crippen MR) is 228 cm³/mol. The number of nitrogens with zero attached hydrogens (tertiary/aromatic N) is 3. The standard InChI is InChI=1S/C45H49F3N5O10P/c1-29(2)53(30(3)4)64(61-25-11-23-49)63-38-37-40(52-26-31(39(54)51-42(52)56)12-10-24-50-41(55)45(46,47)48)62-43(38,27-59-37)28-60-44(32-13-8-7-9-14-32,33-15-19-35(57-5)20-16-33)34-17-21-36(58-6)22-18-34/h7-9,13-22,26,29-30,37-38,40H,11,24-25,27-28H2,1-6H3,(H,50,55)(H,51,54,56)/t37-,38+,40+,43-,64?/m0/s1. The summed E-state index contributed by atoms with van der Waals surface area (Å²) in [7, 11) is 1.22. The average Bonchev–Trinajstić information content (AvgIpc) is 3.77. The fourth-order valence-corrected chi connectivity index (χ4v) is 9.51. The number of aromatic amines is 1. The number of carbonyl (C=O) groups excluding carboxylic acids is 1. The first-order valence-corrected chi connectivity index (χ1v) is 21.4. The van der Waals surface area contributed by atoms with Gasteiger partial charge in [0.1, 0.15) is 40.5 Å². The number of halogens is 3. The number of nitrogens with one attached hydrogen (secondary N) is 2. The molecule has 1 unspecified atom stereocenters. The van der Waals surface area contributed by atoms with Crippen LogP contribution in [0.3, 0.4) is 0 Å². The minimum atomic E-state index is -5.13. The number of carbonyl (C=O) groups is 1. The summed E-state index contributed by atoms with van der Waals surface area (Å²) in [5.41, 5.74) is -2.72. The van der Waals surface area contributed by atoms with E-state index in [0.29, 0.717) is 11.5 Å². The fraction of sp³-hybridized carbons (Fsp3) is 0.422. The van der Waals surface area contributed by atoms with Crippen LogP contribution in [-0.4, -0.2) is 96.8 Å². The molecule has 340 valence electrons. The van der Waals surface area contributed by atoms with Gasteiger partial charge in [0.05, 0.1) is 53.1 Å². The molecule has 5 atom stereocenters. The van der Waals surface area contributed by atoms with Gasteiger partial charge in [-0.05, 0) is 68.7 Å². The Morgan fingerprint density at radius 2 is 1.56 bits per heavy atom. The van der Waals surface area contributed by atoms with Crippen molar-refractivity contribution in [2.45, 2.75) is 82.0 Å². The van der Waals surface area contributed by atoms with E-state index in [0.717, 1.165) is 27.5 Å². The van der Waals surface area contributed by atoms with Crippen LogP contribution in [-0.2, 0) is 33.7 Å². The van der Waals surface area contributed by atoms with Crippen LogP contribution in [0.1, 0.15) is 62.6 Å². The van der Waals surface area contributed by atoms with Crippen LogP contribution in [0.25, 0.3) is 0 Å². The van der Waals surface area contributed by atoms with Crippen molar-refractivity contribution in [3.05, 3.63) is 128 Å². The molecular weight excluding hydrogens is 858 g/mol. The van der Waals surface area contributed by atoms with E-state index in [1.54, 1.807) is 19.5 Å². The van der Waals surface area contributed by atoms with E-state index >= 15 is 0 Å². The van der Waals surface area contributed by atoms with Crippen molar-refractivity contribution in [2.24, 2.45) is 0 Å². The van der Waals surface area contributed by atoms with Crippen molar-refractivity contribution in [1.82, 2.24) is 19.5 Å². The van der Waals surface area contributed by atoms with Gasteiger partial charge in [0.25, 0.3) is 14.1 Å². The lowest BCUT2D eigenvalue weighted by Gasteiger charge is -2.41. The van der Waals surface area contributed by atoms with Gasteiger partial charge in [-0.1, -0.05) is 66.4 Å². The molecule has 3 heterocycles. The monoisotopic (exact) mass is 907 g/mol. The molecule has 2 aliphatic rings. The lowest BCUT2D eigenvalue weighted by atomic mass is 9.79. The zero-order valence-corrected chi connectivity index (χ0v) is 36.9. The molecule has 1 amide bonds. The minimum Gasteiger partial charge on any atom is -0.497 e. The molecule has 19 heteroatoms. The molecule has 2 fully saturated rings. The summed E-state index contributed by atoms with van der Waals surface area (Å²) in [4.78, 5) is 40.1. The highest BCUT2D eigenvalue weighted by Gasteiger charge is 2.65. The number of hydrogen-bond donors (Lipinski definition) is 2. The number of nitriles is 1. The van der Waals surface area contributed by atoms with Crippen molar-refractivity contribution in [1.29, 1.82) is 5.26 Å². The Hall–Kier alpha value is -5.56. The predicted octanol–water partition coefficient (Wildman–Crippen LogP) is 5.92. The van der Waals surface area contributed by atoms with Gasteiger partial charge >= 0.3 is 17.8 Å². The SMILES string of the molecule is COc1ccc(C(OC[C@]23CO[C@H]([C@H](n4cc(C#CCNC(=O)C(F)(F)F)c(=O)[nH]c4=O)O2)[C@H]3OP(OCCC#N)N(C(C)C)C(C)C)(c2ccccc2)c2ccc(OC)cc2)cc1. The number of aromatic nitrogens is 2. The lowest BCUT2D eigenvalue weighted by molar-refractivity contribution is -0.203. The summed E-state index contributed by atoms with van der Waals surface area (Å²) in [6, 6.07) is 26.4. The Labute approximate surface area is 369 Å². The molecule has 64 heavy (non-hydrogen) atoms. The van der Waals surface area contributed by atoms with Gasteiger partial charge in [-0.2, -0.15) is 18.4 Å². The number of ether oxygens (including phenoxy) is 5. The first kappa shape index (κ1) is 47.9. The van der Waals surface area contributed by atoms with Crippen molar-refractivity contribution in [3.63, 3.8) is 0 Å². The molecule has 1 aromatic heterocycles. The molecule has 0 radical (unpaired) electrons. The van der Waals surface area contributed by atoms with Gasteiger partial charge in [-0.25, -0.2) is 9.46 Å². The summed E-state index contributed by atoms with van der Waals surface area (Å²) in [5.74, 6) is 3.79. The van der Waals surface area contributed by atoms with E-state index in [1.165, 1.54) is 0 Å². The van der Waals surface area contributed by atoms with Gasteiger partial charge in [0.15, 0.2) is 6.23 Å². The van der Waals surface area contributed by atoms with E-state index in [1.807, 2.05) is 111 Å². The van der Waals surface area contributed by atoms with Crippen LogP contribution < -0.4 is 26.0 Å². The van der Waals surface area contributed by atoms with Crippen LogP contribution >= 0.6 is 8.53 Å². The number of fused-ring (bicyclic) bond motifs is 2. The Morgan fingerprint density at radius 3 is 2.11 bits per heavy atom. The van der Waals surface area contributed by atoms with Gasteiger partial charge in [0, 0.05) is 18.3 Å². The van der Waals surface area contributed by atoms with Gasteiger partial charge in [-0.15, -0.1) is 0 Å². The highest BCUT2D eigenvalue weighted by atomic mass is 31.2. The number of methoxy groups -OCH3 is 2. The van der Waals surface area contributed by atoms with E-state index in [4.69, 9.17) is 32.7 Å². The first-order chi connectivity index (χ1) is 30.6. The van der Waals surface area contributed by atoms with Crippen LogP contribution in [0.4, 0.5) is 13.2 Å². The number of H-pyrrole nitrogens is 1. The Balaban J connectivity index is 1.47. The van der Waals surface area contributed by atoms with Crippen molar-refractivity contribution in [3.8, 4) is 29.4 Å². The van der Waals surface area contributed by atoms with Crippen molar-refractivity contribution >= 4 is 14.4 Å². The fourth-order valence-electron chi connectivity index (χ4n) is 7.70. The number of alkyl halides is 3. The molecule has 2 aliphatic heterocycles. The zero-order valence-electron chi connectivity index (χ0n) is 36.0. The second kappa shape index (κ2) is 20.5. The Morgan fingerprint density at radius 1 is 0.969 bits per heavy atom. The van der Waals surface area contributed by atoms with Crippen LogP contribution in [0.5, 0.6) is 11.5 Å². The average molecular weight is 908 g/mol. The normalized spacial score (nSPS) is 19.9. The zero-order chi connectivity index (χ0) is 46.2. The summed E-state index contributed by atoms with van der Waals surface area (Å²) in [6.07, 6.45) is -7.23. The number of benzene rings is 3. The molecule has 3 aromatic carbocycles. The Kier molecular flexibility index (Phi) is 15.4. The summed E-state index contributed by atoms with van der Waals surface area (Å²) in [5, 5.41) is 11.0. The maximum Gasteiger partial charge on any atom is 0.471 e. The topological polar surface area (TPSA) is 176 Å². The molecule has 2 saturated heterocycles. The summed E-state index contributed by atoms with van der Waals surface area (Å²) in [6.45, 7) is 6.97. The van der Waals surface area contributed by atoms with E-state index < -0.39 is 68.0 Å². The molecule has 0 saturated carbocycles. The molecule has 2 bridgehead atoms. The second-order valence-corrected chi connectivity index (χ2v) is 16.8. The molecular formula is C45H49F3N5O10P. The highest BCUT2D eigenvalue weighted by molar-refractivity contribution is 7.44. The third-order valence-corrected chi connectivity index (χ3v) is 12.7. The lowest BCUT2D eigenvalue weighted by Crippen LogP contribution is -2.49. The quantitative estimate of drug-likeness (QED) is 0.0523. The molecule has 15 nitrogen and oxygen atoms in total. The summed E-state index contributed by atoms with van der Waals surface area (Å²) < 4.78 is 86.4. The van der Waals surface area contributed by atoms with Gasteiger partial charge in [0.2, 0.25) is 0 Å². The van der Waals surface area contributed by atoms with Crippen LogP contribution in [0.2, 0.25) is 0 Å². The number of amides is 1. The largest absolute Gasteiger partial charge is 0.497 e. The third kappa shape index (κ3) is 10.2.